The van der Waals surface area contributed by atoms with Crippen LogP contribution in [0.25, 0.3) is 0 Å². The predicted molar refractivity (Wildman–Crippen MR) is 57.8 cm³/mol. The zero-order valence-corrected chi connectivity index (χ0v) is 8.95. The maximum atomic E-state index is 11.4. The van der Waals surface area contributed by atoms with Gasteiger partial charge in [0.2, 0.25) is 5.91 Å². The smallest absolute Gasteiger partial charge is 0.225 e. The molecule has 0 aromatic heterocycles. The molecule has 14 heavy (non-hydrogen) atoms. The minimum atomic E-state index is -0.260. The quantitative estimate of drug-likeness (QED) is 0.765. The van der Waals surface area contributed by atoms with Crippen LogP contribution in [0.3, 0.4) is 0 Å². The van der Waals surface area contributed by atoms with Crippen molar-refractivity contribution in [3.05, 3.63) is 35.9 Å². The van der Waals surface area contributed by atoms with E-state index in [1.807, 2.05) is 51.1 Å². The van der Waals surface area contributed by atoms with Gasteiger partial charge in [0.15, 0.2) is 0 Å². The topological polar surface area (TPSA) is 43.1 Å². The highest BCUT2D eigenvalue weighted by Crippen LogP contribution is 2.34. The van der Waals surface area contributed by atoms with Gasteiger partial charge >= 0.3 is 0 Å². The van der Waals surface area contributed by atoms with E-state index in [-0.39, 0.29) is 17.2 Å². The Labute approximate surface area is 85.1 Å². The SMILES string of the molecule is CC(C)(C)[C@H](C(N)=O)c1ccccc1. The van der Waals surface area contributed by atoms with Crippen LogP contribution in [0.15, 0.2) is 30.3 Å². The summed E-state index contributed by atoms with van der Waals surface area (Å²) in [7, 11) is 0. The molecule has 0 saturated carbocycles. The molecule has 0 aliphatic rings. The van der Waals surface area contributed by atoms with E-state index in [0.717, 1.165) is 5.56 Å². The molecule has 0 saturated heterocycles. The van der Waals surface area contributed by atoms with Crippen molar-refractivity contribution < 1.29 is 4.79 Å². The van der Waals surface area contributed by atoms with E-state index in [1.54, 1.807) is 0 Å². The van der Waals surface area contributed by atoms with Crippen molar-refractivity contribution in [1.29, 1.82) is 0 Å². The third-order valence-corrected chi connectivity index (χ3v) is 2.28. The molecule has 0 aliphatic carbocycles. The Morgan fingerprint density at radius 3 is 2.07 bits per heavy atom. The second-order valence-electron chi connectivity index (χ2n) is 4.61. The minimum absolute atomic E-state index is 0.132. The highest BCUT2D eigenvalue weighted by atomic mass is 16.1. The van der Waals surface area contributed by atoms with Gasteiger partial charge in [-0.2, -0.15) is 0 Å². The number of carbonyl (C=O) groups is 1. The fourth-order valence-electron chi connectivity index (χ4n) is 1.74. The zero-order valence-electron chi connectivity index (χ0n) is 8.95. The fraction of sp³-hybridized carbons (Fsp3) is 0.417. The lowest BCUT2D eigenvalue weighted by molar-refractivity contribution is -0.121. The van der Waals surface area contributed by atoms with Gasteiger partial charge in [-0.25, -0.2) is 0 Å². The van der Waals surface area contributed by atoms with E-state index >= 15 is 0 Å². The molecule has 0 fully saturated rings. The highest BCUT2D eigenvalue weighted by molar-refractivity contribution is 5.82. The van der Waals surface area contributed by atoms with E-state index in [9.17, 15) is 4.79 Å². The van der Waals surface area contributed by atoms with Crippen molar-refractivity contribution in [2.24, 2.45) is 11.1 Å². The Balaban J connectivity index is 3.08. The lowest BCUT2D eigenvalue weighted by atomic mass is 9.76. The summed E-state index contributed by atoms with van der Waals surface area (Å²) in [6.07, 6.45) is 0. The van der Waals surface area contributed by atoms with E-state index < -0.39 is 0 Å². The Bertz CT molecular complexity index is 311. The molecule has 1 aromatic carbocycles. The van der Waals surface area contributed by atoms with Gasteiger partial charge in [-0.15, -0.1) is 0 Å². The maximum absolute atomic E-state index is 11.4. The first kappa shape index (κ1) is 10.8. The first-order valence-electron chi connectivity index (χ1n) is 4.77. The molecule has 0 unspecified atom stereocenters. The number of hydrogen-bond acceptors (Lipinski definition) is 1. The van der Waals surface area contributed by atoms with Crippen LogP contribution < -0.4 is 5.73 Å². The van der Waals surface area contributed by atoms with Crippen molar-refractivity contribution >= 4 is 5.91 Å². The molecule has 1 rings (SSSR count). The molecule has 0 heterocycles. The standard InChI is InChI=1S/C12H17NO/c1-12(2,3)10(11(13)14)9-7-5-4-6-8-9/h4-8,10H,1-3H3,(H2,13,14)/t10-/m0/s1. The number of rotatable bonds is 2. The fourth-order valence-corrected chi connectivity index (χ4v) is 1.74. The highest BCUT2D eigenvalue weighted by Gasteiger charge is 2.30. The Morgan fingerprint density at radius 2 is 1.71 bits per heavy atom. The average Bonchev–Trinajstić information content (AvgIpc) is 2.02. The van der Waals surface area contributed by atoms with Gasteiger partial charge in [0, 0.05) is 0 Å². The van der Waals surface area contributed by atoms with Gasteiger partial charge in [0.25, 0.3) is 0 Å². The van der Waals surface area contributed by atoms with Crippen LogP contribution in [0.2, 0.25) is 0 Å². The number of primary amides is 1. The monoisotopic (exact) mass is 191 g/mol. The van der Waals surface area contributed by atoms with Crippen LogP contribution >= 0.6 is 0 Å². The Kier molecular flexibility index (Phi) is 2.94. The van der Waals surface area contributed by atoms with Crippen molar-refractivity contribution in [3.8, 4) is 0 Å². The van der Waals surface area contributed by atoms with Crippen molar-refractivity contribution in [2.45, 2.75) is 26.7 Å². The third-order valence-electron chi connectivity index (χ3n) is 2.28. The molecule has 0 bridgehead atoms. The first-order chi connectivity index (χ1) is 6.43. The van der Waals surface area contributed by atoms with E-state index in [4.69, 9.17) is 5.73 Å². The maximum Gasteiger partial charge on any atom is 0.225 e. The first-order valence-corrected chi connectivity index (χ1v) is 4.77. The van der Waals surface area contributed by atoms with Crippen LogP contribution in [0.4, 0.5) is 0 Å². The van der Waals surface area contributed by atoms with Crippen LogP contribution in [0.1, 0.15) is 32.3 Å². The number of amides is 1. The van der Waals surface area contributed by atoms with Crippen LogP contribution in [0.5, 0.6) is 0 Å². The largest absolute Gasteiger partial charge is 0.369 e. The zero-order chi connectivity index (χ0) is 10.8. The van der Waals surface area contributed by atoms with Crippen LogP contribution in [-0.4, -0.2) is 5.91 Å². The molecule has 0 spiro atoms. The van der Waals surface area contributed by atoms with Crippen LogP contribution in [-0.2, 0) is 4.79 Å². The average molecular weight is 191 g/mol. The van der Waals surface area contributed by atoms with Gasteiger partial charge in [-0.05, 0) is 11.0 Å². The molecule has 0 radical (unpaired) electrons. The lowest BCUT2D eigenvalue weighted by Gasteiger charge is -2.28. The summed E-state index contributed by atoms with van der Waals surface area (Å²) in [4.78, 5) is 11.4. The van der Waals surface area contributed by atoms with Crippen molar-refractivity contribution in [1.82, 2.24) is 0 Å². The second kappa shape index (κ2) is 3.82. The molecular weight excluding hydrogens is 174 g/mol. The van der Waals surface area contributed by atoms with Gasteiger partial charge < -0.3 is 5.73 Å². The minimum Gasteiger partial charge on any atom is -0.369 e. The molecule has 1 amide bonds. The van der Waals surface area contributed by atoms with Crippen LogP contribution in [0, 0.1) is 5.41 Å². The van der Waals surface area contributed by atoms with Crippen molar-refractivity contribution in [3.63, 3.8) is 0 Å². The normalized spacial score (nSPS) is 13.6. The molecule has 2 heteroatoms. The summed E-state index contributed by atoms with van der Waals surface area (Å²) >= 11 is 0. The van der Waals surface area contributed by atoms with Gasteiger partial charge in [-0.3, -0.25) is 4.79 Å². The molecule has 2 nitrogen and oxygen atoms in total. The Hall–Kier alpha value is -1.31. The summed E-state index contributed by atoms with van der Waals surface area (Å²) in [5.74, 6) is -0.479. The summed E-state index contributed by atoms with van der Waals surface area (Å²) in [5.41, 5.74) is 6.28. The summed E-state index contributed by atoms with van der Waals surface area (Å²) in [5, 5.41) is 0. The van der Waals surface area contributed by atoms with E-state index in [0.29, 0.717) is 0 Å². The summed E-state index contributed by atoms with van der Waals surface area (Å²) in [6.45, 7) is 6.07. The molecule has 1 atom stereocenters. The van der Waals surface area contributed by atoms with E-state index in [1.165, 1.54) is 0 Å². The van der Waals surface area contributed by atoms with Gasteiger partial charge in [0.05, 0.1) is 5.92 Å². The van der Waals surface area contributed by atoms with Gasteiger partial charge in [-0.1, -0.05) is 51.1 Å². The predicted octanol–water partition coefficient (Wildman–Crippen LogP) is 2.30. The molecule has 1 aromatic rings. The Morgan fingerprint density at radius 1 is 1.21 bits per heavy atom. The number of benzene rings is 1. The lowest BCUT2D eigenvalue weighted by Crippen LogP contribution is -2.31. The third kappa shape index (κ3) is 2.34. The van der Waals surface area contributed by atoms with E-state index in [2.05, 4.69) is 0 Å². The number of hydrogen-bond donors (Lipinski definition) is 1. The second-order valence-corrected chi connectivity index (χ2v) is 4.61. The summed E-state index contributed by atoms with van der Waals surface area (Å²) < 4.78 is 0. The summed E-state index contributed by atoms with van der Waals surface area (Å²) in [6, 6.07) is 9.68. The number of carbonyl (C=O) groups excluding carboxylic acids is 1. The molecule has 2 N–H and O–H groups in total. The van der Waals surface area contributed by atoms with Gasteiger partial charge in [0.1, 0.15) is 0 Å². The van der Waals surface area contributed by atoms with Crippen molar-refractivity contribution in [2.75, 3.05) is 0 Å². The molecule has 0 aliphatic heterocycles. The molecular formula is C12H17NO. The number of nitrogens with two attached hydrogens (primary N) is 1. The molecule has 76 valence electrons.